The van der Waals surface area contributed by atoms with Gasteiger partial charge in [0.25, 0.3) is 0 Å². The van der Waals surface area contributed by atoms with E-state index in [9.17, 15) is 22.8 Å². The van der Waals surface area contributed by atoms with E-state index in [0.717, 1.165) is 31.1 Å². The quantitative estimate of drug-likeness (QED) is 0.572. The molecule has 0 amide bonds. The molecule has 0 aliphatic heterocycles. The zero-order valence-corrected chi connectivity index (χ0v) is 13.8. The van der Waals surface area contributed by atoms with Crippen LogP contribution < -0.4 is 0 Å². The van der Waals surface area contributed by atoms with Crippen molar-refractivity contribution >= 4 is 11.6 Å². The van der Waals surface area contributed by atoms with Crippen LogP contribution in [0.3, 0.4) is 0 Å². The third-order valence-corrected chi connectivity index (χ3v) is 6.15. The van der Waals surface area contributed by atoms with Crippen molar-refractivity contribution in [3.8, 4) is 0 Å². The molecule has 0 heterocycles. The lowest BCUT2D eigenvalue weighted by Gasteiger charge is -2.31. The Bertz CT molecular complexity index is 758. The number of alkyl halides is 3. The number of allylic oxidation sites excluding steroid dienone is 2. The molecule has 128 valence electrons. The molecule has 1 aromatic carbocycles. The van der Waals surface area contributed by atoms with Crippen LogP contribution in [0, 0.1) is 16.7 Å². The van der Waals surface area contributed by atoms with E-state index in [-0.39, 0.29) is 17.1 Å². The minimum atomic E-state index is -4.60. The van der Waals surface area contributed by atoms with Gasteiger partial charge in [0, 0.05) is 16.6 Å². The zero-order chi connectivity index (χ0) is 17.9. The highest BCUT2D eigenvalue weighted by Crippen LogP contribution is 2.65. The number of Topliss-reactive ketones (excluding diaryl/α,β-unsaturated/α-hetero) is 1. The van der Waals surface area contributed by atoms with Gasteiger partial charge in [-0.2, -0.15) is 13.2 Å². The third-order valence-electron chi connectivity index (χ3n) is 6.15. The number of hydrogen-bond acceptors (Lipinski definition) is 2. The summed E-state index contributed by atoms with van der Waals surface area (Å²) in [5.41, 5.74) is -1.80. The van der Waals surface area contributed by atoms with Crippen LogP contribution >= 0.6 is 0 Å². The Balaban J connectivity index is 2.03. The van der Waals surface area contributed by atoms with Crippen LogP contribution in [0.4, 0.5) is 13.2 Å². The maximum atomic E-state index is 13.1. The Morgan fingerprint density at radius 3 is 2.38 bits per heavy atom. The Kier molecular flexibility index (Phi) is 3.56. The van der Waals surface area contributed by atoms with Crippen LogP contribution in [0.25, 0.3) is 0 Å². The summed E-state index contributed by atoms with van der Waals surface area (Å²) in [5, 5.41) is 0. The van der Waals surface area contributed by atoms with E-state index in [2.05, 4.69) is 0 Å². The Morgan fingerprint density at radius 1 is 1.21 bits per heavy atom. The molecule has 0 aromatic heterocycles. The fraction of sp³-hybridized carbons (Fsp3) is 0.474. The van der Waals surface area contributed by atoms with Gasteiger partial charge in [0.1, 0.15) is 0 Å². The molecule has 0 unspecified atom stereocenters. The number of ketones is 2. The van der Waals surface area contributed by atoms with E-state index in [1.165, 1.54) is 12.1 Å². The van der Waals surface area contributed by atoms with Gasteiger partial charge in [-0.05, 0) is 36.3 Å². The SMILES string of the molecule is CC1(C)[C@@H]2CC[C@@]1(C)C(=O)C2=CC(=O)c1ccccc1C(F)(F)F. The van der Waals surface area contributed by atoms with Crippen LogP contribution in [0.2, 0.25) is 0 Å². The molecule has 1 aromatic rings. The number of halogens is 3. The smallest absolute Gasteiger partial charge is 0.294 e. The molecule has 0 radical (unpaired) electrons. The standard InChI is InChI=1S/C19H19F3O2/c1-17(2)13-8-9-18(17,3)16(24)12(13)10-15(23)11-6-4-5-7-14(11)19(20,21)22/h4-7,10,13H,8-9H2,1-3H3/t13-,18+/m1/s1. The van der Waals surface area contributed by atoms with E-state index in [4.69, 9.17) is 0 Å². The van der Waals surface area contributed by atoms with E-state index in [0.29, 0.717) is 5.57 Å². The molecule has 2 nitrogen and oxygen atoms in total. The van der Waals surface area contributed by atoms with E-state index in [1.807, 2.05) is 20.8 Å². The molecule has 2 bridgehead atoms. The van der Waals surface area contributed by atoms with Crippen LogP contribution in [0.1, 0.15) is 49.5 Å². The normalized spacial score (nSPS) is 30.2. The maximum absolute atomic E-state index is 13.1. The molecular formula is C19H19F3O2. The Labute approximate surface area is 138 Å². The lowest BCUT2D eigenvalue weighted by molar-refractivity contribution is -0.137. The summed E-state index contributed by atoms with van der Waals surface area (Å²) in [7, 11) is 0. The maximum Gasteiger partial charge on any atom is 0.417 e. The number of rotatable bonds is 2. The van der Waals surface area contributed by atoms with Gasteiger partial charge < -0.3 is 0 Å². The number of carbonyl (C=O) groups excluding carboxylic acids is 2. The molecular weight excluding hydrogens is 317 g/mol. The average Bonchev–Trinajstić information content (AvgIpc) is 2.80. The minimum Gasteiger partial charge on any atom is -0.294 e. The summed E-state index contributed by atoms with van der Waals surface area (Å²) in [4.78, 5) is 25.2. The molecule has 0 N–H and O–H groups in total. The van der Waals surface area contributed by atoms with E-state index < -0.39 is 28.5 Å². The fourth-order valence-corrected chi connectivity index (χ4v) is 4.26. The van der Waals surface area contributed by atoms with Crippen molar-refractivity contribution in [2.24, 2.45) is 16.7 Å². The van der Waals surface area contributed by atoms with Crippen LogP contribution in [-0.2, 0) is 11.0 Å². The summed E-state index contributed by atoms with van der Waals surface area (Å²) >= 11 is 0. The van der Waals surface area contributed by atoms with Gasteiger partial charge in [-0.1, -0.05) is 39.0 Å². The van der Waals surface area contributed by atoms with Crippen molar-refractivity contribution in [2.75, 3.05) is 0 Å². The molecule has 5 heteroatoms. The summed E-state index contributed by atoms with van der Waals surface area (Å²) < 4.78 is 39.3. The molecule has 2 aliphatic carbocycles. The Hall–Kier alpha value is -1.91. The van der Waals surface area contributed by atoms with E-state index >= 15 is 0 Å². The molecule has 2 saturated carbocycles. The van der Waals surface area contributed by atoms with Gasteiger partial charge in [-0.15, -0.1) is 0 Å². The van der Waals surface area contributed by atoms with Gasteiger partial charge in [-0.25, -0.2) is 0 Å². The highest BCUT2D eigenvalue weighted by molar-refractivity contribution is 6.13. The summed E-state index contributed by atoms with van der Waals surface area (Å²) in [6, 6.07) is 4.70. The van der Waals surface area contributed by atoms with Crippen molar-refractivity contribution in [3.63, 3.8) is 0 Å². The average molecular weight is 336 g/mol. The predicted octanol–water partition coefficient (Wildman–Crippen LogP) is 4.84. The molecule has 0 spiro atoms. The van der Waals surface area contributed by atoms with Gasteiger partial charge in [0.05, 0.1) is 5.56 Å². The largest absolute Gasteiger partial charge is 0.417 e. The van der Waals surface area contributed by atoms with Crippen molar-refractivity contribution < 1.29 is 22.8 Å². The second-order valence-corrected chi connectivity index (χ2v) is 7.48. The lowest BCUT2D eigenvalue weighted by Crippen LogP contribution is -2.32. The van der Waals surface area contributed by atoms with Crippen LogP contribution in [0.15, 0.2) is 35.9 Å². The lowest BCUT2D eigenvalue weighted by atomic mass is 9.70. The second-order valence-electron chi connectivity index (χ2n) is 7.48. The number of fused-ring (bicyclic) bond motifs is 2. The third kappa shape index (κ3) is 2.17. The predicted molar refractivity (Wildman–Crippen MR) is 83.5 cm³/mol. The fourth-order valence-electron chi connectivity index (χ4n) is 4.26. The van der Waals surface area contributed by atoms with Gasteiger partial charge in [0.2, 0.25) is 0 Å². The molecule has 2 fully saturated rings. The van der Waals surface area contributed by atoms with Crippen LogP contribution in [-0.4, -0.2) is 11.6 Å². The Morgan fingerprint density at radius 2 is 1.83 bits per heavy atom. The first kappa shape index (κ1) is 16.9. The summed E-state index contributed by atoms with van der Waals surface area (Å²) in [6.07, 6.45) is -1.91. The zero-order valence-electron chi connectivity index (χ0n) is 13.8. The van der Waals surface area contributed by atoms with Crippen molar-refractivity contribution in [3.05, 3.63) is 47.0 Å². The topological polar surface area (TPSA) is 34.1 Å². The highest BCUT2D eigenvalue weighted by Gasteiger charge is 2.64. The molecule has 0 saturated heterocycles. The monoisotopic (exact) mass is 336 g/mol. The van der Waals surface area contributed by atoms with E-state index in [1.54, 1.807) is 0 Å². The van der Waals surface area contributed by atoms with Crippen molar-refractivity contribution in [1.29, 1.82) is 0 Å². The van der Waals surface area contributed by atoms with Crippen molar-refractivity contribution in [2.45, 2.75) is 39.8 Å². The minimum absolute atomic E-state index is 0.0722. The molecule has 3 rings (SSSR count). The van der Waals surface area contributed by atoms with Gasteiger partial charge in [0.15, 0.2) is 11.6 Å². The number of hydrogen-bond donors (Lipinski definition) is 0. The molecule has 2 atom stereocenters. The molecule has 24 heavy (non-hydrogen) atoms. The highest BCUT2D eigenvalue weighted by atomic mass is 19.4. The van der Waals surface area contributed by atoms with Crippen LogP contribution in [0.5, 0.6) is 0 Å². The molecule has 2 aliphatic rings. The van der Waals surface area contributed by atoms with Crippen molar-refractivity contribution in [1.82, 2.24) is 0 Å². The number of benzene rings is 1. The first-order chi connectivity index (χ1) is 11.0. The first-order valence-corrected chi connectivity index (χ1v) is 7.97. The van der Waals surface area contributed by atoms with Gasteiger partial charge in [-0.3, -0.25) is 9.59 Å². The van der Waals surface area contributed by atoms with Gasteiger partial charge >= 0.3 is 6.18 Å². The first-order valence-electron chi connectivity index (χ1n) is 7.97. The summed E-state index contributed by atoms with van der Waals surface area (Å²) in [5.74, 6) is -0.920. The number of carbonyl (C=O) groups is 2. The summed E-state index contributed by atoms with van der Waals surface area (Å²) in [6.45, 7) is 5.89. The second kappa shape index (κ2) is 5.04.